The summed E-state index contributed by atoms with van der Waals surface area (Å²) in [5.74, 6) is 2.22. The number of benzene rings is 1. The summed E-state index contributed by atoms with van der Waals surface area (Å²) in [4.78, 5) is 12.0. The third-order valence-electron chi connectivity index (χ3n) is 3.02. The van der Waals surface area contributed by atoms with E-state index in [0.717, 1.165) is 17.1 Å². The molecule has 2 rings (SSSR count). The molecule has 20 heavy (non-hydrogen) atoms. The molecule has 0 bridgehead atoms. The first-order valence-electron chi connectivity index (χ1n) is 6.61. The van der Waals surface area contributed by atoms with Crippen molar-refractivity contribution in [3.63, 3.8) is 0 Å². The summed E-state index contributed by atoms with van der Waals surface area (Å²) in [5, 5.41) is 2.85. The Morgan fingerprint density at radius 1 is 1.30 bits per heavy atom. The second-order valence-corrected chi connectivity index (χ2v) is 4.73. The molecule has 1 heterocycles. The maximum atomic E-state index is 12.0. The number of rotatable bonds is 5. The smallest absolute Gasteiger partial charge is 0.261 e. The van der Waals surface area contributed by atoms with Crippen LogP contribution in [-0.2, 0) is 11.3 Å². The minimum Gasteiger partial charge on any atom is -0.481 e. The van der Waals surface area contributed by atoms with Crippen LogP contribution in [0.3, 0.4) is 0 Å². The van der Waals surface area contributed by atoms with Crippen LogP contribution in [0.4, 0.5) is 0 Å². The predicted molar refractivity (Wildman–Crippen MR) is 76.6 cm³/mol. The van der Waals surface area contributed by atoms with Crippen molar-refractivity contribution >= 4 is 5.91 Å². The highest BCUT2D eigenvalue weighted by Crippen LogP contribution is 2.14. The molecule has 4 heteroatoms. The highest BCUT2D eigenvalue weighted by Gasteiger charge is 2.15. The third-order valence-corrected chi connectivity index (χ3v) is 3.02. The van der Waals surface area contributed by atoms with Crippen molar-refractivity contribution in [3.05, 3.63) is 53.5 Å². The van der Waals surface area contributed by atoms with E-state index in [0.29, 0.717) is 12.3 Å². The van der Waals surface area contributed by atoms with Crippen LogP contribution in [0.5, 0.6) is 5.75 Å². The van der Waals surface area contributed by atoms with Crippen molar-refractivity contribution in [2.24, 2.45) is 0 Å². The molecule has 1 unspecified atom stereocenters. The van der Waals surface area contributed by atoms with E-state index in [1.54, 1.807) is 6.92 Å². The molecule has 0 spiro atoms. The molecule has 0 radical (unpaired) electrons. The number of aryl methyl sites for hydroxylation is 2. The van der Waals surface area contributed by atoms with E-state index in [9.17, 15) is 4.79 Å². The van der Waals surface area contributed by atoms with Gasteiger partial charge in [-0.2, -0.15) is 0 Å². The summed E-state index contributed by atoms with van der Waals surface area (Å²) in [7, 11) is 0. The Balaban J connectivity index is 1.87. The Kier molecular flexibility index (Phi) is 4.45. The SMILES string of the molecule is Cc1cc(CNC(=O)C(C)Oc2ccccc2)c(C)o1. The molecular weight excluding hydrogens is 254 g/mol. The number of carbonyl (C=O) groups is 1. The lowest BCUT2D eigenvalue weighted by atomic mass is 10.2. The van der Waals surface area contributed by atoms with Crippen molar-refractivity contribution in [2.45, 2.75) is 33.4 Å². The molecule has 0 saturated heterocycles. The van der Waals surface area contributed by atoms with Crippen LogP contribution in [0.1, 0.15) is 24.0 Å². The van der Waals surface area contributed by atoms with Crippen molar-refractivity contribution in [3.8, 4) is 5.75 Å². The molecule has 2 aromatic rings. The molecule has 106 valence electrons. The summed E-state index contributed by atoms with van der Waals surface area (Å²) in [6.07, 6.45) is -0.536. The number of nitrogens with one attached hydrogen (secondary N) is 1. The minimum atomic E-state index is -0.536. The van der Waals surface area contributed by atoms with E-state index in [1.807, 2.05) is 50.2 Å². The van der Waals surface area contributed by atoms with E-state index in [1.165, 1.54) is 0 Å². The number of ether oxygens (including phenoxy) is 1. The molecule has 1 atom stereocenters. The maximum Gasteiger partial charge on any atom is 0.261 e. The van der Waals surface area contributed by atoms with Crippen molar-refractivity contribution in [1.82, 2.24) is 5.32 Å². The average Bonchev–Trinajstić information content (AvgIpc) is 2.75. The fraction of sp³-hybridized carbons (Fsp3) is 0.312. The summed E-state index contributed by atoms with van der Waals surface area (Å²) in [5.41, 5.74) is 0.989. The zero-order valence-corrected chi connectivity index (χ0v) is 12.0. The Hall–Kier alpha value is -2.23. The maximum absolute atomic E-state index is 12.0. The molecule has 1 N–H and O–H groups in total. The molecule has 4 nitrogen and oxygen atoms in total. The van der Waals surface area contributed by atoms with Gasteiger partial charge in [0.1, 0.15) is 17.3 Å². The molecule has 1 aromatic carbocycles. The Bertz CT molecular complexity index is 575. The standard InChI is InChI=1S/C16H19NO3/c1-11-9-14(12(2)19-11)10-17-16(18)13(3)20-15-7-5-4-6-8-15/h4-9,13H,10H2,1-3H3,(H,17,18). The van der Waals surface area contributed by atoms with Crippen LogP contribution < -0.4 is 10.1 Å². The average molecular weight is 273 g/mol. The van der Waals surface area contributed by atoms with Gasteiger partial charge in [0.2, 0.25) is 0 Å². The lowest BCUT2D eigenvalue weighted by Gasteiger charge is -2.14. The first-order valence-corrected chi connectivity index (χ1v) is 6.61. The second kappa shape index (κ2) is 6.28. The fourth-order valence-electron chi connectivity index (χ4n) is 1.94. The number of amides is 1. The summed E-state index contributed by atoms with van der Waals surface area (Å²) in [6, 6.07) is 11.2. The third kappa shape index (κ3) is 3.63. The van der Waals surface area contributed by atoms with Crippen LogP contribution in [0.25, 0.3) is 0 Å². The van der Waals surface area contributed by atoms with E-state index < -0.39 is 6.10 Å². The van der Waals surface area contributed by atoms with Crippen LogP contribution in [-0.4, -0.2) is 12.0 Å². The fourth-order valence-corrected chi connectivity index (χ4v) is 1.94. The normalized spacial score (nSPS) is 11.9. The highest BCUT2D eigenvalue weighted by atomic mass is 16.5. The van der Waals surface area contributed by atoms with Gasteiger partial charge >= 0.3 is 0 Å². The highest BCUT2D eigenvalue weighted by molar-refractivity contribution is 5.80. The van der Waals surface area contributed by atoms with Crippen molar-refractivity contribution < 1.29 is 13.9 Å². The Morgan fingerprint density at radius 3 is 2.60 bits per heavy atom. The second-order valence-electron chi connectivity index (χ2n) is 4.73. The monoisotopic (exact) mass is 273 g/mol. The van der Waals surface area contributed by atoms with E-state index in [4.69, 9.17) is 9.15 Å². The van der Waals surface area contributed by atoms with Gasteiger partial charge in [0.25, 0.3) is 5.91 Å². The van der Waals surface area contributed by atoms with Gasteiger partial charge in [0.15, 0.2) is 6.10 Å². The summed E-state index contributed by atoms with van der Waals surface area (Å²) < 4.78 is 11.0. The van der Waals surface area contributed by atoms with Gasteiger partial charge in [-0.25, -0.2) is 0 Å². The molecule has 0 saturated carbocycles. The first kappa shape index (κ1) is 14.2. The van der Waals surface area contributed by atoms with E-state index >= 15 is 0 Å². The Morgan fingerprint density at radius 2 is 2.00 bits per heavy atom. The van der Waals surface area contributed by atoms with Crippen LogP contribution in [0.2, 0.25) is 0 Å². The number of hydrogen-bond acceptors (Lipinski definition) is 3. The van der Waals surface area contributed by atoms with Gasteiger partial charge < -0.3 is 14.5 Å². The number of furan rings is 1. The van der Waals surface area contributed by atoms with E-state index in [2.05, 4.69) is 5.32 Å². The molecule has 0 aliphatic heterocycles. The van der Waals surface area contributed by atoms with Gasteiger partial charge in [-0.05, 0) is 39.0 Å². The van der Waals surface area contributed by atoms with Gasteiger partial charge in [-0.3, -0.25) is 4.79 Å². The van der Waals surface area contributed by atoms with Crippen molar-refractivity contribution in [1.29, 1.82) is 0 Å². The molecule has 1 amide bonds. The summed E-state index contributed by atoms with van der Waals surface area (Å²) >= 11 is 0. The zero-order chi connectivity index (χ0) is 14.5. The predicted octanol–water partition coefficient (Wildman–Crippen LogP) is 2.98. The largest absolute Gasteiger partial charge is 0.481 e. The summed E-state index contributed by atoms with van der Waals surface area (Å²) in [6.45, 7) is 5.96. The Labute approximate surface area is 118 Å². The number of hydrogen-bond donors (Lipinski definition) is 1. The van der Waals surface area contributed by atoms with Gasteiger partial charge in [-0.15, -0.1) is 0 Å². The van der Waals surface area contributed by atoms with Crippen molar-refractivity contribution in [2.75, 3.05) is 0 Å². The first-order chi connectivity index (χ1) is 9.56. The quantitative estimate of drug-likeness (QED) is 0.911. The van der Waals surface area contributed by atoms with Gasteiger partial charge in [0.05, 0.1) is 0 Å². The van der Waals surface area contributed by atoms with Crippen LogP contribution >= 0.6 is 0 Å². The lowest BCUT2D eigenvalue weighted by Crippen LogP contribution is -2.35. The molecule has 1 aromatic heterocycles. The molecular formula is C16H19NO3. The van der Waals surface area contributed by atoms with E-state index in [-0.39, 0.29) is 5.91 Å². The van der Waals surface area contributed by atoms with Gasteiger partial charge in [-0.1, -0.05) is 18.2 Å². The topological polar surface area (TPSA) is 51.5 Å². The number of carbonyl (C=O) groups excluding carboxylic acids is 1. The minimum absolute atomic E-state index is 0.146. The van der Waals surface area contributed by atoms with Crippen LogP contribution in [0.15, 0.2) is 40.8 Å². The van der Waals surface area contributed by atoms with Gasteiger partial charge in [0, 0.05) is 12.1 Å². The van der Waals surface area contributed by atoms with Crippen LogP contribution in [0, 0.1) is 13.8 Å². The zero-order valence-electron chi connectivity index (χ0n) is 12.0. The lowest BCUT2D eigenvalue weighted by molar-refractivity contribution is -0.127. The number of para-hydroxylation sites is 1. The molecule has 0 fully saturated rings. The molecule has 0 aliphatic carbocycles. The molecule has 0 aliphatic rings.